The molecule has 0 spiro atoms. The number of benzene rings is 1. The van der Waals surface area contributed by atoms with Gasteiger partial charge < -0.3 is 20.3 Å². The number of rotatable bonds is 2. The van der Waals surface area contributed by atoms with Crippen molar-refractivity contribution < 1.29 is 13.5 Å². The minimum Gasteiger partial charge on any atom is -0.389 e. The Labute approximate surface area is 202 Å². The lowest BCUT2D eigenvalue weighted by Crippen LogP contribution is -2.56. The maximum absolute atomic E-state index is 16.4. The first-order valence-corrected chi connectivity index (χ1v) is 12.1. The van der Waals surface area contributed by atoms with Gasteiger partial charge in [0, 0.05) is 48.1 Å². The van der Waals surface area contributed by atoms with Crippen molar-refractivity contribution in [3.8, 4) is 17.3 Å². The van der Waals surface area contributed by atoms with Crippen molar-refractivity contribution in [3.63, 3.8) is 0 Å². The van der Waals surface area contributed by atoms with Crippen molar-refractivity contribution in [2.24, 2.45) is 5.92 Å². The highest BCUT2D eigenvalue weighted by Crippen LogP contribution is 2.45. The lowest BCUT2D eigenvalue weighted by Gasteiger charge is -2.43. The molecule has 2 saturated heterocycles. The summed E-state index contributed by atoms with van der Waals surface area (Å²) in [7, 11) is 2.09. The molecule has 7 rings (SSSR count). The third-order valence-corrected chi connectivity index (χ3v) is 8.44. The van der Waals surface area contributed by atoms with Crippen molar-refractivity contribution in [1.82, 2.24) is 19.9 Å². The van der Waals surface area contributed by atoms with E-state index in [1.54, 1.807) is 6.20 Å². The van der Waals surface area contributed by atoms with Crippen molar-refractivity contribution in [1.29, 1.82) is 5.26 Å². The van der Waals surface area contributed by atoms with Crippen LogP contribution in [0.4, 0.5) is 19.7 Å². The third-order valence-electron chi connectivity index (χ3n) is 7.41. The van der Waals surface area contributed by atoms with Crippen LogP contribution in [-0.4, -0.2) is 52.6 Å². The van der Waals surface area contributed by atoms with E-state index in [-0.39, 0.29) is 50.6 Å². The molecule has 4 aromatic rings. The second kappa shape index (κ2) is 7.27. The number of anilines is 2. The van der Waals surface area contributed by atoms with E-state index in [1.807, 2.05) is 6.07 Å². The minimum absolute atomic E-state index is 0.0968. The number of likely N-dealkylation sites (tertiary alicyclic amines) is 1. The molecule has 11 heteroatoms. The minimum atomic E-state index is -0.602. The lowest BCUT2D eigenvalue weighted by atomic mass is 9.92. The van der Waals surface area contributed by atoms with Gasteiger partial charge in [0.05, 0.1) is 41.4 Å². The van der Waals surface area contributed by atoms with E-state index in [4.69, 9.17) is 10.5 Å². The molecule has 2 N–H and O–H groups in total. The summed E-state index contributed by atoms with van der Waals surface area (Å²) in [6.45, 7) is 3.25. The van der Waals surface area contributed by atoms with Gasteiger partial charge in [-0.05, 0) is 18.2 Å². The van der Waals surface area contributed by atoms with E-state index in [2.05, 4.69) is 31.8 Å². The number of nitrogens with two attached hydrogens (primary N) is 1. The SMILES string of the molecule is CN1CC2CN(c3ncc4c5c(c(-c6ncc(F)c7sc(N)c(C#N)c67)c(F)c4n3)COC5)C2C1. The van der Waals surface area contributed by atoms with Crippen LogP contribution in [0.3, 0.4) is 0 Å². The summed E-state index contributed by atoms with van der Waals surface area (Å²) in [5.74, 6) is -0.122. The number of hydrogen-bond acceptors (Lipinski definition) is 9. The van der Waals surface area contributed by atoms with E-state index >= 15 is 4.39 Å². The van der Waals surface area contributed by atoms with Gasteiger partial charge in [0.25, 0.3) is 0 Å². The first kappa shape index (κ1) is 20.9. The van der Waals surface area contributed by atoms with Crippen LogP contribution in [0.25, 0.3) is 32.2 Å². The van der Waals surface area contributed by atoms with Gasteiger partial charge in [0.15, 0.2) is 11.6 Å². The number of fused-ring (bicyclic) bond motifs is 5. The lowest BCUT2D eigenvalue weighted by molar-refractivity contribution is 0.135. The summed E-state index contributed by atoms with van der Waals surface area (Å²) in [4.78, 5) is 17.9. The second-order valence-electron chi connectivity index (χ2n) is 9.38. The zero-order chi connectivity index (χ0) is 24.0. The molecule has 0 amide bonds. The van der Waals surface area contributed by atoms with Crippen LogP contribution in [0.15, 0.2) is 12.4 Å². The fraction of sp³-hybridized carbons (Fsp3) is 0.333. The van der Waals surface area contributed by atoms with Crippen LogP contribution in [0.1, 0.15) is 16.7 Å². The number of likely N-dealkylation sites (N-methyl/N-ethyl adjacent to an activating group) is 1. The molecule has 176 valence electrons. The topological polar surface area (TPSA) is 104 Å². The van der Waals surface area contributed by atoms with E-state index < -0.39 is 11.6 Å². The molecule has 3 aromatic heterocycles. The first-order valence-electron chi connectivity index (χ1n) is 11.3. The number of aromatic nitrogens is 3. The fourth-order valence-corrected chi connectivity index (χ4v) is 6.68. The molecule has 3 aliphatic rings. The van der Waals surface area contributed by atoms with Crippen LogP contribution in [0.2, 0.25) is 0 Å². The summed E-state index contributed by atoms with van der Waals surface area (Å²) >= 11 is 0.958. The maximum atomic E-state index is 16.4. The molecule has 8 nitrogen and oxygen atoms in total. The molecule has 35 heavy (non-hydrogen) atoms. The summed E-state index contributed by atoms with van der Waals surface area (Å²) in [6, 6.07) is 2.36. The molecule has 1 aromatic carbocycles. The highest BCUT2D eigenvalue weighted by molar-refractivity contribution is 7.23. The number of nitrogen functional groups attached to an aromatic ring is 1. The van der Waals surface area contributed by atoms with Crippen molar-refractivity contribution in [2.45, 2.75) is 19.3 Å². The van der Waals surface area contributed by atoms with E-state index in [0.29, 0.717) is 28.9 Å². The Balaban J connectivity index is 1.48. The summed E-state index contributed by atoms with van der Waals surface area (Å²) < 4.78 is 36.8. The molecule has 2 fully saturated rings. The summed E-state index contributed by atoms with van der Waals surface area (Å²) in [5.41, 5.74) is 8.02. The predicted octanol–water partition coefficient (Wildman–Crippen LogP) is 3.42. The van der Waals surface area contributed by atoms with Crippen LogP contribution in [0, 0.1) is 28.9 Å². The average Bonchev–Trinajstić information content (AvgIpc) is 3.53. The zero-order valence-electron chi connectivity index (χ0n) is 18.7. The van der Waals surface area contributed by atoms with Gasteiger partial charge in [-0.3, -0.25) is 4.98 Å². The Morgan fingerprint density at radius 1 is 1.17 bits per heavy atom. The number of ether oxygens (including phenoxy) is 1. The number of nitriles is 1. The van der Waals surface area contributed by atoms with Gasteiger partial charge in [0.1, 0.15) is 16.6 Å². The molecule has 0 aliphatic carbocycles. The number of nitrogens with zero attached hydrogens (tertiary/aromatic N) is 6. The number of thiophene rings is 1. The van der Waals surface area contributed by atoms with Crippen LogP contribution < -0.4 is 10.6 Å². The highest BCUT2D eigenvalue weighted by atomic mass is 32.1. The second-order valence-corrected chi connectivity index (χ2v) is 10.4. The van der Waals surface area contributed by atoms with Crippen molar-refractivity contribution in [2.75, 3.05) is 37.3 Å². The molecular formula is C24H19F2N7OS. The number of hydrogen-bond donors (Lipinski definition) is 1. The van der Waals surface area contributed by atoms with Crippen molar-refractivity contribution >= 4 is 43.3 Å². The van der Waals surface area contributed by atoms with E-state index in [0.717, 1.165) is 42.7 Å². The normalized spacial score (nSPS) is 21.4. The van der Waals surface area contributed by atoms with E-state index in [1.165, 1.54) is 0 Å². The van der Waals surface area contributed by atoms with Crippen LogP contribution in [-0.2, 0) is 18.0 Å². The molecule has 3 aliphatic heterocycles. The van der Waals surface area contributed by atoms with Gasteiger partial charge in [-0.15, -0.1) is 11.3 Å². The van der Waals surface area contributed by atoms with Gasteiger partial charge in [0.2, 0.25) is 5.95 Å². The third kappa shape index (κ3) is 2.78. The molecular weight excluding hydrogens is 472 g/mol. The van der Waals surface area contributed by atoms with Crippen molar-refractivity contribution in [3.05, 3.63) is 40.7 Å². The number of pyridine rings is 1. The Morgan fingerprint density at radius 3 is 2.80 bits per heavy atom. The Kier molecular flexibility index (Phi) is 4.34. The van der Waals surface area contributed by atoms with E-state index in [9.17, 15) is 9.65 Å². The van der Waals surface area contributed by atoms with Crippen LogP contribution in [0.5, 0.6) is 0 Å². The van der Waals surface area contributed by atoms with Crippen LogP contribution >= 0.6 is 11.3 Å². The molecule has 0 radical (unpaired) electrons. The number of halogens is 2. The molecule has 0 bridgehead atoms. The average molecular weight is 492 g/mol. The molecule has 6 heterocycles. The Hall–Kier alpha value is -3.46. The van der Waals surface area contributed by atoms with Gasteiger partial charge in [-0.2, -0.15) is 5.26 Å². The highest BCUT2D eigenvalue weighted by Gasteiger charge is 2.45. The summed E-state index contributed by atoms with van der Waals surface area (Å²) in [6.07, 6.45) is 2.71. The largest absolute Gasteiger partial charge is 0.389 e. The zero-order valence-corrected chi connectivity index (χ0v) is 19.5. The Bertz CT molecular complexity index is 1610. The predicted molar refractivity (Wildman–Crippen MR) is 128 cm³/mol. The maximum Gasteiger partial charge on any atom is 0.226 e. The monoisotopic (exact) mass is 491 g/mol. The van der Waals surface area contributed by atoms with Gasteiger partial charge >= 0.3 is 0 Å². The summed E-state index contributed by atoms with van der Waals surface area (Å²) in [5, 5.41) is 10.7. The van der Waals surface area contributed by atoms with Gasteiger partial charge in [-0.1, -0.05) is 0 Å². The standard InChI is InChI=1S/C24H19F2N7OS/c1-32-5-10-6-33(16(10)7-32)24-30-3-12-13-8-34-9-14(13)17(19(26)20(12)31-24)21-18-11(2-27)23(28)35-22(18)15(25)4-29-21/h3-4,10,16H,5-9,28H2,1H3. The smallest absolute Gasteiger partial charge is 0.226 e. The quantitative estimate of drug-likeness (QED) is 0.455. The molecule has 2 atom stereocenters. The molecule has 0 saturated carbocycles. The van der Waals surface area contributed by atoms with Gasteiger partial charge in [-0.25, -0.2) is 18.7 Å². The Morgan fingerprint density at radius 2 is 2.00 bits per heavy atom. The fourth-order valence-electron chi connectivity index (χ4n) is 5.75. The first-order chi connectivity index (χ1) is 17.0. The molecule has 2 unspecified atom stereocenters.